The number of amides is 4. The number of pyridine rings is 1. The highest BCUT2D eigenvalue weighted by molar-refractivity contribution is 6.05. The minimum atomic E-state index is -0.405. The molecule has 64 heavy (non-hydrogen) atoms. The van der Waals surface area contributed by atoms with Gasteiger partial charge < -0.3 is 24.5 Å². The molecule has 1 unspecified atom stereocenters. The van der Waals surface area contributed by atoms with Gasteiger partial charge in [-0.15, -0.1) is 0 Å². The number of imide groups is 1. The van der Waals surface area contributed by atoms with E-state index >= 15 is 0 Å². The molecular formula is C49H57N11O4. The van der Waals surface area contributed by atoms with Crippen LogP contribution in [0.15, 0.2) is 83.5 Å². The van der Waals surface area contributed by atoms with Crippen molar-refractivity contribution in [1.82, 2.24) is 40.9 Å². The Kier molecular flexibility index (Phi) is 11.9. The third kappa shape index (κ3) is 9.21. The first-order valence-corrected chi connectivity index (χ1v) is 22.5. The quantitative estimate of drug-likeness (QED) is 0.124. The summed E-state index contributed by atoms with van der Waals surface area (Å²) >= 11 is 0. The Balaban J connectivity index is 0.779. The molecule has 0 saturated carbocycles. The average molecular weight is 864 g/mol. The van der Waals surface area contributed by atoms with E-state index in [-0.39, 0.29) is 29.3 Å². The number of nitrogens with zero attached hydrogens (tertiary/aromatic N) is 8. The van der Waals surface area contributed by atoms with E-state index in [1.165, 1.54) is 11.4 Å². The van der Waals surface area contributed by atoms with Gasteiger partial charge in [0.2, 0.25) is 5.91 Å². The van der Waals surface area contributed by atoms with Crippen LogP contribution in [-0.2, 0) is 10.2 Å². The van der Waals surface area contributed by atoms with Crippen molar-refractivity contribution < 1.29 is 18.9 Å². The molecule has 0 radical (unpaired) electrons. The van der Waals surface area contributed by atoms with Gasteiger partial charge in [0, 0.05) is 97.4 Å². The lowest BCUT2D eigenvalue weighted by molar-refractivity contribution is -0.120. The molecule has 332 valence electrons. The molecule has 0 aliphatic carbocycles. The summed E-state index contributed by atoms with van der Waals surface area (Å²) in [5.74, 6) is 0.500. The van der Waals surface area contributed by atoms with Crippen LogP contribution in [0.2, 0.25) is 0 Å². The summed E-state index contributed by atoms with van der Waals surface area (Å²) in [6, 6.07) is 24.7. The molecule has 3 aliphatic rings. The Morgan fingerprint density at radius 1 is 0.844 bits per heavy atom. The number of aromatic amines is 1. The minimum absolute atomic E-state index is 0.0445. The van der Waals surface area contributed by atoms with Gasteiger partial charge in [0.1, 0.15) is 0 Å². The molecule has 3 aromatic heterocycles. The second-order valence-electron chi connectivity index (χ2n) is 18.5. The molecule has 4 amide bonds. The van der Waals surface area contributed by atoms with E-state index in [4.69, 9.17) is 9.51 Å². The van der Waals surface area contributed by atoms with Crippen molar-refractivity contribution >= 4 is 45.9 Å². The van der Waals surface area contributed by atoms with Gasteiger partial charge in [-0.2, -0.15) is 10.1 Å². The third-order valence-electron chi connectivity index (χ3n) is 12.9. The molecule has 9 rings (SSSR count). The van der Waals surface area contributed by atoms with Crippen LogP contribution in [0.5, 0.6) is 0 Å². The van der Waals surface area contributed by atoms with E-state index in [2.05, 4.69) is 94.2 Å². The summed E-state index contributed by atoms with van der Waals surface area (Å²) in [5.41, 5.74) is 9.59. The van der Waals surface area contributed by atoms with E-state index in [9.17, 15) is 14.4 Å². The van der Waals surface area contributed by atoms with Gasteiger partial charge in [-0.05, 0) is 111 Å². The summed E-state index contributed by atoms with van der Waals surface area (Å²) in [7, 11) is 0. The molecule has 6 heterocycles. The number of hydrogen-bond donors (Lipinski definition) is 3. The normalized spacial score (nSPS) is 17.4. The van der Waals surface area contributed by atoms with Gasteiger partial charge in [0.05, 0.1) is 11.7 Å². The lowest BCUT2D eigenvalue weighted by Gasteiger charge is -2.36. The van der Waals surface area contributed by atoms with Crippen LogP contribution in [0.3, 0.4) is 0 Å². The number of carbonyl (C=O) groups is 3. The predicted molar refractivity (Wildman–Crippen MR) is 249 cm³/mol. The number of benzene rings is 3. The Morgan fingerprint density at radius 2 is 1.55 bits per heavy atom. The zero-order valence-electron chi connectivity index (χ0n) is 37.4. The number of aromatic nitrogens is 5. The van der Waals surface area contributed by atoms with Crippen molar-refractivity contribution in [3.8, 4) is 22.4 Å². The van der Waals surface area contributed by atoms with E-state index in [0.29, 0.717) is 30.4 Å². The fourth-order valence-corrected chi connectivity index (χ4v) is 9.22. The molecule has 15 heteroatoms. The van der Waals surface area contributed by atoms with E-state index in [1.54, 1.807) is 4.90 Å². The van der Waals surface area contributed by atoms with Gasteiger partial charge >= 0.3 is 17.8 Å². The minimum Gasteiger partial charge on any atom is -0.372 e. The van der Waals surface area contributed by atoms with E-state index in [1.807, 2.05) is 65.1 Å². The Bertz CT molecular complexity index is 2640. The molecule has 1 atom stereocenters. The Morgan fingerprint density at radius 3 is 2.25 bits per heavy atom. The zero-order valence-corrected chi connectivity index (χ0v) is 37.4. The first kappa shape index (κ1) is 42.7. The third-order valence-corrected chi connectivity index (χ3v) is 12.9. The van der Waals surface area contributed by atoms with Crippen LogP contribution in [0.25, 0.3) is 33.4 Å². The van der Waals surface area contributed by atoms with Crippen molar-refractivity contribution in [3.63, 3.8) is 0 Å². The van der Waals surface area contributed by atoms with Crippen molar-refractivity contribution in [3.05, 3.63) is 102 Å². The summed E-state index contributed by atoms with van der Waals surface area (Å²) < 4.78 is 5.25. The summed E-state index contributed by atoms with van der Waals surface area (Å²) in [4.78, 5) is 55.1. The molecular weight excluding hydrogens is 807 g/mol. The maximum Gasteiger partial charge on any atom is 0.328 e. The fourth-order valence-electron chi connectivity index (χ4n) is 9.22. The Labute approximate surface area is 373 Å². The topological polar surface area (TPSA) is 169 Å². The number of fused-ring (bicyclic) bond motifs is 1. The molecule has 3 aromatic carbocycles. The first-order chi connectivity index (χ1) is 30.9. The fraction of sp³-hybridized carbons (Fsp3) is 0.408. The highest BCUT2D eigenvalue weighted by Gasteiger charge is 2.28. The monoisotopic (exact) mass is 863 g/mol. The lowest BCUT2D eigenvalue weighted by Crippen LogP contribution is -2.49. The lowest BCUT2D eigenvalue weighted by atomic mass is 9.95. The van der Waals surface area contributed by atoms with Crippen LogP contribution in [0, 0.1) is 12.8 Å². The zero-order chi connectivity index (χ0) is 44.5. The number of hydrogen-bond acceptors (Lipinski definition) is 11. The molecule has 6 aromatic rings. The molecule has 3 saturated heterocycles. The number of nitrogens with one attached hydrogen (secondary N) is 3. The van der Waals surface area contributed by atoms with Gasteiger partial charge in [0.15, 0.2) is 11.5 Å². The molecule has 0 bridgehead atoms. The second kappa shape index (κ2) is 17.9. The van der Waals surface area contributed by atoms with Gasteiger partial charge in [-0.1, -0.05) is 50.2 Å². The second-order valence-corrected chi connectivity index (χ2v) is 18.5. The molecule has 3 N–H and O–H groups in total. The average Bonchev–Trinajstić information content (AvgIpc) is 3.91. The molecule has 0 spiro atoms. The van der Waals surface area contributed by atoms with Crippen LogP contribution in [0.1, 0.15) is 87.1 Å². The Hall–Kier alpha value is -6.61. The number of H-pyrrole nitrogens is 1. The highest BCUT2D eigenvalue weighted by Crippen LogP contribution is 2.33. The van der Waals surface area contributed by atoms with Gasteiger partial charge in [0.25, 0.3) is 0 Å². The highest BCUT2D eigenvalue weighted by atomic mass is 16.5. The predicted octanol–water partition coefficient (Wildman–Crippen LogP) is 7.65. The number of aryl methyl sites for hydroxylation is 1. The van der Waals surface area contributed by atoms with E-state index < -0.39 is 5.91 Å². The SMILES string of the molecule is Cc1cc(-c2[nH]nc3ncc(-c4ccc(N5CCCN(CC6CCN(c7ccc(N8CCC(=O)NC8=O)cc7)CC6)CC5)cc4)cc23)ccc1C(C)NC(=O)c1nc(C(C)(C)C)no1. The maximum atomic E-state index is 13.0. The van der Waals surface area contributed by atoms with Crippen molar-refractivity contribution in [1.29, 1.82) is 0 Å². The summed E-state index contributed by atoms with van der Waals surface area (Å²) in [5, 5.41) is 18.1. The van der Waals surface area contributed by atoms with Crippen molar-refractivity contribution in [2.24, 2.45) is 5.92 Å². The summed E-state index contributed by atoms with van der Waals surface area (Å²) in [6.07, 6.45) is 5.67. The summed E-state index contributed by atoms with van der Waals surface area (Å²) in [6.45, 7) is 17.7. The number of anilines is 3. The standard InChI is InChI=1S/C49H57N11O4/c1-31-27-35(9-16-40(31)32(2)51-45(62)46-53-47(56-64-46)49(3,4)5)43-41-28-36(29-50-44(41)55-54-43)34-7-10-37(11-8-34)58-21-6-20-57(25-26-58)30-33-17-22-59(23-18-33)38-12-14-39(15-13-38)60-24-19-42(61)52-48(60)63/h7-16,27-29,32-33H,6,17-26,30H2,1-5H3,(H,51,62)(H,50,54,55)(H,52,61,63). The number of piperidine rings is 1. The van der Waals surface area contributed by atoms with Gasteiger partial charge in [-0.3, -0.25) is 24.9 Å². The number of rotatable bonds is 10. The molecule has 15 nitrogen and oxygen atoms in total. The number of urea groups is 1. The smallest absolute Gasteiger partial charge is 0.328 e. The van der Waals surface area contributed by atoms with Crippen LogP contribution < -0.4 is 25.3 Å². The van der Waals surface area contributed by atoms with Crippen LogP contribution in [-0.4, -0.2) is 100 Å². The van der Waals surface area contributed by atoms with Crippen LogP contribution in [0.4, 0.5) is 21.9 Å². The van der Waals surface area contributed by atoms with Gasteiger partial charge in [-0.25, -0.2) is 9.78 Å². The molecule has 3 fully saturated rings. The molecule has 3 aliphatic heterocycles. The van der Waals surface area contributed by atoms with Crippen LogP contribution >= 0.6 is 0 Å². The van der Waals surface area contributed by atoms with Crippen molar-refractivity contribution in [2.45, 2.75) is 71.8 Å². The van der Waals surface area contributed by atoms with Crippen molar-refractivity contribution in [2.75, 3.05) is 67.1 Å². The van der Waals surface area contributed by atoms with E-state index in [0.717, 1.165) is 110 Å². The maximum absolute atomic E-state index is 13.0. The first-order valence-electron chi connectivity index (χ1n) is 22.5. The number of carbonyl (C=O) groups excluding carboxylic acids is 3. The largest absolute Gasteiger partial charge is 0.372 e.